The van der Waals surface area contributed by atoms with Gasteiger partial charge in [0, 0.05) is 24.2 Å². The molecule has 90 valence electrons. The van der Waals surface area contributed by atoms with E-state index in [-0.39, 0.29) is 6.61 Å². The zero-order valence-electron chi connectivity index (χ0n) is 9.11. The lowest BCUT2D eigenvalue weighted by Gasteiger charge is -2.18. The van der Waals surface area contributed by atoms with Gasteiger partial charge in [-0.25, -0.2) is 4.79 Å². The highest BCUT2D eigenvalue weighted by atomic mass is 35.5. The lowest BCUT2D eigenvalue weighted by molar-refractivity contribution is 0.120. The largest absolute Gasteiger partial charge is 0.445 e. The second-order valence-corrected chi connectivity index (χ2v) is 3.28. The molecule has 5 heteroatoms. The van der Waals surface area contributed by atoms with E-state index in [1.807, 2.05) is 13.0 Å². The Morgan fingerprint density at radius 3 is 2.19 bits per heavy atom. The third kappa shape index (κ3) is 7.37. The summed E-state index contributed by atoms with van der Waals surface area (Å²) in [6.45, 7) is 2.90. The number of halogens is 2. The Labute approximate surface area is 106 Å². The van der Waals surface area contributed by atoms with E-state index < -0.39 is 6.09 Å². The Morgan fingerprint density at radius 2 is 1.75 bits per heavy atom. The highest BCUT2D eigenvalue weighted by molar-refractivity contribution is 6.25. The molecule has 0 rings (SSSR count). The molecule has 0 unspecified atom stereocenters. The third-order valence-corrected chi connectivity index (χ3v) is 1.98. The summed E-state index contributed by atoms with van der Waals surface area (Å²) in [6, 6.07) is 0. The molecule has 0 aromatic heterocycles. The molecular formula is C11H15Cl2NO2. The van der Waals surface area contributed by atoms with Crippen molar-refractivity contribution in [2.75, 3.05) is 19.7 Å². The first-order chi connectivity index (χ1) is 7.76. The Bertz CT molecular complexity index is 261. The smallest absolute Gasteiger partial charge is 0.410 e. The maximum absolute atomic E-state index is 11.5. The highest BCUT2D eigenvalue weighted by Crippen LogP contribution is 1.97. The molecule has 0 atom stereocenters. The van der Waals surface area contributed by atoms with Crippen molar-refractivity contribution < 1.29 is 9.53 Å². The van der Waals surface area contributed by atoms with Crippen LogP contribution in [-0.2, 0) is 4.74 Å². The molecule has 0 bridgehead atoms. The molecule has 0 heterocycles. The standard InChI is InChI=1S/C11H15Cl2NO2/c1-2-3-10-16-11(15)14(8-4-6-12)9-5-7-13/h2-7H,8-10H2,1H3. The van der Waals surface area contributed by atoms with Gasteiger partial charge in [0.05, 0.1) is 0 Å². The Balaban J connectivity index is 4.19. The van der Waals surface area contributed by atoms with Gasteiger partial charge in [-0.3, -0.25) is 0 Å². The molecular weight excluding hydrogens is 249 g/mol. The number of amides is 1. The van der Waals surface area contributed by atoms with Crippen LogP contribution in [0.25, 0.3) is 0 Å². The van der Waals surface area contributed by atoms with E-state index >= 15 is 0 Å². The van der Waals surface area contributed by atoms with Crippen LogP contribution in [0.1, 0.15) is 6.92 Å². The number of allylic oxidation sites excluding steroid dienone is 1. The minimum atomic E-state index is -0.400. The number of nitrogens with zero attached hydrogens (tertiary/aromatic N) is 1. The minimum absolute atomic E-state index is 0.265. The lowest BCUT2D eigenvalue weighted by Crippen LogP contribution is -2.32. The van der Waals surface area contributed by atoms with Crippen molar-refractivity contribution in [3.63, 3.8) is 0 Å². The molecule has 0 saturated carbocycles. The summed E-state index contributed by atoms with van der Waals surface area (Å²) in [7, 11) is 0. The second-order valence-electron chi connectivity index (χ2n) is 2.77. The quantitative estimate of drug-likeness (QED) is 0.687. The molecule has 0 aromatic carbocycles. The van der Waals surface area contributed by atoms with Gasteiger partial charge in [-0.05, 0) is 6.92 Å². The van der Waals surface area contributed by atoms with Gasteiger partial charge < -0.3 is 9.64 Å². The molecule has 0 aliphatic heterocycles. The van der Waals surface area contributed by atoms with Gasteiger partial charge in [0.15, 0.2) is 0 Å². The van der Waals surface area contributed by atoms with E-state index in [1.54, 1.807) is 18.2 Å². The van der Waals surface area contributed by atoms with Crippen molar-refractivity contribution in [1.29, 1.82) is 0 Å². The van der Waals surface area contributed by atoms with Gasteiger partial charge in [-0.2, -0.15) is 0 Å². The summed E-state index contributed by atoms with van der Waals surface area (Å²) in [5.41, 5.74) is 2.72. The van der Waals surface area contributed by atoms with Crippen LogP contribution in [0.4, 0.5) is 4.79 Å². The van der Waals surface area contributed by atoms with Gasteiger partial charge >= 0.3 is 6.09 Å². The predicted molar refractivity (Wildman–Crippen MR) is 67.7 cm³/mol. The van der Waals surface area contributed by atoms with Crippen molar-refractivity contribution >= 4 is 29.3 Å². The summed E-state index contributed by atoms with van der Waals surface area (Å²) in [5.74, 6) is 0. The van der Waals surface area contributed by atoms with Crippen LogP contribution in [0.3, 0.4) is 0 Å². The number of ether oxygens (including phenoxy) is 1. The zero-order chi connectivity index (χ0) is 12.2. The third-order valence-electron chi connectivity index (χ3n) is 1.63. The zero-order valence-corrected chi connectivity index (χ0v) is 10.6. The van der Waals surface area contributed by atoms with E-state index in [9.17, 15) is 4.79 Å². The molecule has 0 radical (unpaired) electrons. The number of rotatable bonds is 6. The van der Waals surface area contributed by atoms with Gasteiger partial charge in [-0.15, -0.1) is 0 Å². The Morgan fingerprint density at radius 1 is 1.19 bits per heavy atom. The van der Waals surface area contributed by atoms with Crippen molar-refractivity contribution in [1.82, 2.24) is 4.90 Å². The first-order valence-electron chi connectivity index (χ1n) is 4.79. The SMILES string of the molecule is CC=CCOC(=O)N(CC=CCl)CC=CCl. The summed E-state index contributed by atoms with van der Waals surface area (Å²) < 4.78 is 4.98. The molecule has 0 aliphatic carbocycles. The van der Waals surface area contributed by atoms with Gasteiger partial charge in [-0.1, -0.05) is 47.5 Å². The average Bonchev–Trinajstić information content (AvgIpc) is 2.29. The Hall–Kier alpha value is -0.930. The molecule has 0 fully saturated rings. The maximum atomic E-state index is 11.5. The van der Waals surface area contributed by atoms with Crippen LogP contribution < -0.4 is 0 Å². The van der Waals surface area contributed by atoms with Crippen LogP contribution in [-0.4, -0.2) is 30.7 Å². The first kappa shape index (κ1) is 15.1. The van der Waals surface area contributed by atoms with Crippen LogP contribution in [0.2, 0.25) is 0 Å². The summed E-state index contributed by atoms with van der Waals surface area (Å²) in [4.78, 5) is 13.0. The first-order valence-corrected chi connectivity index (χ1v) is 5.66. The molecule has 0 N–H and O–H groups in total. The number of hydrogen-bond acceptors (Lipinski definition) is 2. The normalized spacial score (nSPS) is 11.7. The van der Waals surface area contributed by atoms with Crippen LogP contribution in [0.5, 0.6) is 0 Å². The van der Waals surface area contributed by atoms with Gasteiger partial charge in [0.2, 0.25) is 0 Å². The molecule has 0 aliphatic rings. The Kier molecular flexibility index (Phi) is 9.97. The van der Waals surface area contributed by atoms with Crippen molar-refractivity contribution in [2.24, 2.45) is 0 Å². The van der Waals surface area contributed by atoms with Gasteiger partial charge in [0.25, 0.3) is 0 Å². The van der Waals surface area contributed by atoms with E-state index in [1.165, 1.54) is 16.0 Å². The topological polar surface area (TPSA) is 29.5 Å². The molecule has 1 amide bonds. The van der Waals surface area contributed by atoms with Crippen molar-refractivity contribution in [2.45, 2.75) is 6.92 Å². The molecule has 0 saturated heterocycles. The fourth-order valence-electron chi connectivity index (χ4n) is 0.865. The summed E-state index contributed by atoms with van der Waals surface area (Å²) in [6.07, 6.45) is 6.48. The number of hydrogen-bond donors (Lipinski definition) is 0. The monoisotopic (exact) mass is 263 g/mol. The van der Waals surface area contributed by atoms with E-state index in [2.05, 4.69) is 0 Å². The minimum Gasteiger partial charge on any atom is -0.445 e. The van der Waals surface area contributed by atoms with E-state index in [4.69, 9.17) is 27.9 Å². The molecule has 16 heavy (non-hydrogen) atoms. The molecule has 0 aromatic rings. The number of carbonyl (C=O) groups excluding carboxylic acids is 1. The van der Waals surface area contributed by atoms with Crippen LogP contribution >= 0.6 is 23.2 Å². The fourth-order valence-corrected chi connectivity index (χ4v) is 1.02. The average molecular weight is 264 g/mol. The van der Waals surface area contributed by atoms with Crippen molar-refractivity contribution in [3.8, 4) is 0 Å². The maximum Gasteiger partial charge on any atom is 0.410 e. The van der Waals surface area contributed by atoms with Crippen molar-refractivity contribution in [3.05, 3.63) is 35.4 Å². The second kappa shape index (κ2) is 10.6. The predicted octanol–water partition coefficient (Wildman–Crippen LogP) is 3.51. The summed E-state index contributed by atoms with van der Waals surface area (Å²) in [5, 5.41) is 0. The van der Waals surface area contributed by atoms with Gasteiger partial charge in [0.1, 0.15) is 6.61 Å². The van der Waals surface area contributed by atoms with Crippen LogP contribution in [0, 0.1) is 0 Å². The summed E-state index contributed by atoms with van der Waals surface area (Å²) >= 11 is 10.8. The lowest BCUT2D eigenvalue weighted by atomic mass is 10.5. The highest BCUT2D eigenvalue weighted by Gasteiger charge is 2.10. The van der Waals surface area contributed by atoms with E-state index in [0.29, 0.717) is 13.1 Å². The van der Waals surface area contributed by atoms with Crippen LogP contribution in [0.15, 0.2) is 35.4 Å². The molecule has 3 nitrogen and oxygen atoms in total. The fraction of sp³-hybridized carbons (Fsp3) is 0.364. The number of carbonyl (C=O) groups is 1. The molecule has 0 spiro atoms. The van der Waals surface area contributed by atoms with E-state index in [0.717, 1.165) is 0 Å².